The molecular formula is C18H15N5O. The molecule has 1 aliphatic heterocycles. The summed E-state index contributed by atoms with van der Waals surface area (Å²) in [4.78, 5) is 0. The van der Waals surface area contributed by atoms with Gasteiger partial charge in [-0.25, -0.2) is 0 Å². The van der Waals surface area contributed by atoms with Crippen molar-refractivity contribution in [3.63, 3.8) is 0 Å². The molecule has 0 bridgehead atoms. The molecule has 0 spiro atoms. The van der Waals surface area contributed by atoms with E-state index in [0.717, 1.165) is 22.5 Å². The van der Waals surface area contributed by atoms with E-state index < -0.39 is 0 Å². The average molecular weight is 317 g/mol. The van der Waals surface area contributed by atoms with Crippen LogP contribution in [0.3, 0.4) is 0 Å². The minimum Gasteiger partial charge on any atom is -0.420 e. The number of benzene rings is 1. The van der Waals surface area contributed by atoms with Gasteiger partial charge in [0, 0.05) is 18.9 Å². The fraction of sp³-hybridized carbons (Fsp3) is 0.111. The SMILES string of the molecule is Cn1cccc1C1C(C#N)=C(N)Oc2n[nH]c(-c3ccccc3)c21. The second-order valence-corrected chi connectivity index (χ2v) is 5.65. The molecule has 1 atom stereocenters. The van der Waals surface area contributed by atoms with Crippen molar-refractivity contribution in [3.05, 3.63) is 71.4 Å². The van der Waals surface area contributed by atoms with E-state index in [4.69, 9.17) is 10.5 Å². The van der Waals surface area contributed by atoms with Crippen molar-refractivity contribution in [1.29, 1.82) is 5.26 Å². The molecule has 0 saturated heterocycles. The van der Waals surface area contributed by atoms with Crippen LogP contribution in [0.2, 0.25) is 0 Å². The highest BCUT2D eigenvalue weighted by atomic mass is 16.5. The van der Waals surface area contributed by atoms with Crippen LogP contribution in [-0.4, -0.2) is 14.8 Å². The second-order valence-electron chi connectivity index (χ2n) is 5.65. The maximum Gasteiger partial charge on any atom is 0.244 e. The van der Waals surface area contributed by atoms with E-state index >= 15 is 0 Å². The van der Waals surface area contributed by atoms with E-state index in [2.05, 4.69) is 16.3 Å². The minimum absolute atomic E-state index is 0.0994. The summed E-state index contributed by atoms with van der Waals surface area (Å²) in [5.74, 6) is 0.187. The van der Waals surface area contributed by atoms with Gasteiger partial charge in [-0.05, 0) is 17.7 Å². The summed E-state index contributed by atoms with van der Waals surface area (Å²) in [5, 5.41) is 16.9. The van der Waals surface area contributed by atoms with Crippen molar-refractivity contribution < 1.29 is 4.74 Å². The highest BCUT2D eigenvalue weighted by Gasteiger charge is 2.36. The Morgan fingerprint density at radius 1 is 1.25 bits per heavy atom. The predicted molar refractivity (Wildman–Crippen MR) is 88.7 cm³/mol. The lowest BCUT2D eigenvalue weighted by Gasteiger charge is -2.24. The zero-order chi connectivity index (χ0) is 16.7. The number of hydrogen-bond acceptors (Lipinski definition) is 4. The summed E-state index contributed by atoms with van der Waals surface area (Å²) in [6.07, 6.45) is 1.94. The lowest BCUT2D eigenvalue weighted by atomic mass is 9.86. The van der Waals surface area contributed by atoms with Crippen molar-refractivity contribution in [2.45, 2.75) is 5.92 Å². The molecule has 24 heavy (non-hydrogen) atoms. The van der Waals surface area contributed by atoms with Crippen LogP contribution in [-0.2, 0) is 7.05 Å². The van der Waals surface area contributed by atoms with Crippen molar-refractivity contribution in [1.82, 2.24) is 14.8 Å². The maximum absolute atomic E-state index is 9.64. The molecule has 3 aromatic rings. The first-order valence-corrected chi connectivity index (χ1v) is 7.53. The Balaban J connectivity index is 1.98. The minimum atomic E-state index is -0.326. The van der Waals surface area contributed by atoms with Crippen molar-refractivity contribution in [2.24, 2.45) is 12.8 Å². The molecule has 118 valence electrons. The Morgan fingerprint density at radius 3 is 2.71 bits per heavy atom. The van der Waals surface area contributed by atoms with Crippen LogP contribution in [0.1, 0.15) is 17.2 Å². The van der Waals surface area contributed by atoms with E-state index in [-0.39, 0.29) is 11.8 Å². The quantitative estimate of drug-likeness (QED) is 0.760. The molecule has 6 heteroatoms. The van der Waals surface area contributed by atoms with Gasteiger partial charge >= 0.3 is 0 Å². The van der Waals surface area contributed by atoms with Gasteiger partial charge in [0.05, 0.1) is 17.2 Å². The fourth-order valence-corrected chi connectivity index (χ4v) is 3.14. The molecule has 0 amide bonds. The molecule has 4 rings (SSSR count). The van der Waals surface area contributed by atoms with Crippen LogP contribution in [0.5, 0.6) is 5.88 Å². The molecule has 6 nitrogen and oxygen atoms in total. The third-order valence-electron chi connectivity index (χ3n) is 4.28. The molecule has 1 unspecified atom stereocenters. The molecule has 1 aliphatic rings. The number of H-pyrrole nitrogens is 1. The first kappa shape index (κ1) is 14.2. The zero-order valence-corrected chi connectivity index (χ0v) is 13.0. The summed E-state index contributed by atoms with van der Waals surface area (Å²) < 4.78 is 7.57. The Kier molecular flexibility index (Phi) is 3.14. The number of ether oxygens (including phenoxy) is 1. The lowest BCUT2D eigenvalue weighted by molar-refractivity contribution is 0.377. The molecule has 2 aromatic heterocycles. The van der Waals surface area contributed by atoms with E-state index in [0.29, 0.717) is 11.5 Å². The third-order valence-corrected chi connectivity index (χ3v) is 4.28. The van der Waals surface area contributed by atoms with Crippen molar-refractivity contribution in [2.75, 3.05) is 0 Å². The van der Waals surface area contributed by atoms with Crippen LogP contribution < -0.4 is 10.5 Å². The van der Waals surface area contributed by atoms with Gasteiger partial charge < -0.3 is 15.0 Å². The Labute approximate surface area is 138 Å². The van der Waals surface area contributed by atoms with Gasteiger partial charge in [0.1, 0.15) is 11.6 Å². The molecule has 0 aliphatic carbocycles. The highest BCUT2D eigenvalue weighted by molar-refractivity contribution is 5.70. The molecule has 1 aromatic carbocycles. The van der Waals surface area contributed by atoms with Gasteiger partial charge in [-0.15, -0.1) is 5.10 Å². The smallest absolute Gasteiger partial charge is 0.244 e. The van der Waals surface area contributed by atoms with Crippen molar-refractivity contribution >= 4 is 0 Å². The van der Waals surface area contributed by atoms with Gasteiger partial charge in [0.15, 0.2) is 0 Å². The van der Waals surface area contributed by atoms with E-state index in [1.807, 2.05) is 60.3 Å². The van der Waals surface area contributed by atoms with E-state index in [1.165, 1.54) is 0 Å². The van der Waals surface area contributed by atoms with Gasteiger partial charge in [-0.1, -0.05) is 30.3 Å². The number of aryl methyl sites for hydroxylation is 1. The Hall–Kier alpha value is -3.46. The molecule has 0 radical (unpaired) electrons. The molecule has 0 fully saturated rings. The van der Waals surface area contributed by atoms with Gasteiger partial charge in [0.25, 0.3) is 0 Å². The van der Waals surface area contributed by atoms with E-state index in [1.54, 1.807) is 0 Å². The number of fused-ring (bicyclic) bond motifs is 1. The summed E-state index contributed by atoms with van der Waals surface area (Å²) in [6, 6.07) is 16.0. The van der Waals surface area contributed by atoms with Gasteiger partial charge in [-0.2, -0.15) is 5.26 Å². The van der Waals surface area contributed by atoms with Crippen LogP contribution in [0.25, 0.3) is 11.3 Å². The normalized spacial score (nSPS) is 16.4. The monoisotopic (exact) mass is 317 g/mol. The number of nitrogens with zero attached hydrogens (tertiary/aromatic N) is 3. The van der Waals surface area contributed by atoms with Gasteiger partial charge in [0.2, 0.25) is 11.8 Å². The standard InChI is InChI=1S/C18H15N5O/c1-23-9-5-8-13(23)14-12(10-19)17(20)24-18-15(14)16(21-22-18)11-6-3-2-4-7-11/h2-9,14H,20H2,1H3,(H,21,22). The number of rotatable bonds is 2. The van der Waals surface area contributed by atoms with Crippen LogP contribution >= 0.6 is 0 Å². The summed E-state index contributed by atoms with van der Waals surface area (Å²) in [6.45, 7) is 0. The molecular weight excluding hydrogens is 302 g/mol. The number of nitrogens with one attached hydrogen (secondary N) is 1. The fourth-order valence-electron chi connectivity index (χ4n) is 3.14. The molecule has 0 saturated carbocycles. The number of hydrogen-bond donors (Lipinski definition) is 2. The summed E-state index contributed by atoms with van der Waals surface area (Å²) in [7, 11) is 1.94. The second kappa shape index (κ2) is 5.32. The van der Waals surface area contributed by atoms with Crippen LogP contribution in [0.15, 0.2) is 60.1 Å². The number of nitriles is 1. The Morgan fingerprint density at radius 2 is 2.04 bits per heavy atom. The predicted octanol–water partition coefficient (Wildman–Crippen LogP) is 2.63. The number of aromatic nitrogens is 3. The zero-order valence-electron chi connectivity index (χ0n) is 13.0. The molecule has 3 N–H and O–H groups in total. The first-order chi connectivity index (χ1) is 11.7. The largest absolute Gasteiger partial charge is 0.420 e. The summed E-state index contributed by atoms with van der Waals surface area (Å²) in [5.41, 5.74) is 9.95. The number of nitrogens with two attached hydrogens (primary N) is 1. The number of aromatic amines is 1. The van der Waals surface area contributed by atoms with E-state index in [9.17, 15) is 5.26 Å². The van der Waals surface area contributed by atoms with Crippen molar-refractivity contribution in [3.8, 4) is 23.2 Å². The van der Waals surface area contributed by atoms with Crippen LogP contribution in [0, 0.1) is 11.3 Å². The lowest BCUT2D eigenvalue weighted by Crippen LogP contribution is -2.22. The first-order valence-electron chi connectivity index (χ1n) is 7.53. The third kappa shape index (κ3) is 1.99. The van der Waals surface area contributed by atoms with Gasteiger partial charge in [-0.3, -0.25) is 5.10 Å². The van der Waals surface area contributed by atoms with Crippen LogP contribution in [0.4, 0.5) is 0 Å². The number of allylic oxidation sites excluding steroid dienone is 1. The maximum atomic E-state index is 9.64. The highest BCUT2D eigenvalue weighted by Crippen LogP contribution is 2.45. The topological polar surface area (TPSA) is 92.7 Å². The Bertz CT molecular complexity index is 975. The molecule has 3 heterocycles. The average Bonchev–Trinajstić information content (AvgIpc) is 3.20. The summed E-state index contributed by atoms with van der Waals surface area (Å²) >= 11 is 0.